The molecule has 0 bridgehead atoms. The minimum Gasteiger partial charge on any atom is -0.315 e. The molecule has 19 heavy (non-hydrogen) atoms. The molecule has 1 rings (SSSR count). The van der Waals surface area contributed by atoms with Gasteiger partial charge in [0.15, 0.2) is 0 Å². The Hall–Kier alpha value is -0.820. The van der Waals surface area contributed by atoms with E-state index in [4.69, 9.17) is 0 Å². The normalized spacial score (nSPS) is 14.5. The second kappa shape index (κ2) is 6.09. The molecule has 0 amide bonds. The molecule has 0 fully saturated rings. The molecule has 1 unspecified atom stereocenters. The summed E-state index contributed by atoms with van der Waals surface area (Å²) in [7, 11) is 0. The van der Waals surface area contributed by atoms with E-state index in [2.05, 4.69) is 78.0 Å². The molecule has 0 radical (unpaired) electrons. The standard InChI is InChI=1S/C18H31N/c1-8-19-14(2)13-18(6,7)16-11-9-15(10-12-16)17(3,4)5/h9-12,14,19H,8,13H2,1-7H3. The molecular formula is C18H31N. The molecule has 0 saturated heterocycles. The van der Waals surface area contributed by atoms with Crippen LogP contribution < -0.4 is 5.32 Å². The van der Waals surface area contributed by atoms with Crippen molar-refractivity contribution >= 4 is 0 Å². The number of hydrogen-bond donors (Lipinski definition) is 1. The summed E-state index contributed by atoms with van der Waals surface area (Å²) in [5, 5.41) is 3.51. The summed E-state index contributed by atoms with van der Waals surface area (Å²) in [4.78, 5) is 0. The Morgan fingerprint density at radius 1 is 0.947 bits per heavy atom. The smallest absolute Gasteiger partial charge is 0.00468 e. The Balaban J connectivity index is 2.84. The van der Waals surface area contributed by atoms with Gasteiger partial charge in [-0.2, -0.15) is 0 Å². The number of hydrogen-bond acceptors (Lipinski definition) is 1. The maximum atomic E-state index is 3.51. The average Bonchev–Trinajstić information content (AvgIpc) is 2.27. The molecule has 0 aromatic heterocycles. The van der Waals surface area contributed by atoms with Gasteiger partial charge < -0.3 is 5.32 Å². The number of benzene rings is 1. The quantitative estimate of drug-likeness (QED) is 0.813. The van der Waals surface area contributed by atoms with Crippen molar-refractivity contribution in [1.82, 2.24) is 5.32 Å². The van der Waals surface area contributed by atoms with Crippen molar-refractivity contribution in [2.75, 3.05) is 6.54 Å². The zero-order valence-corrected chi connectivity index (χ0v) is 13.8. The van der Waals surface area contributed by atoms with Gasteiger partial charge in [0.25, 0.3) is 0 Å². The fourth-order valence-electron chi connectivity index (χ4n) is 2.73. The van der Waals surface area contributed by atoms with Gasteiger partial charge in [0, 0.05) is 6.04 Å². The van der Waals surface area contributed by atoms with E-state index in [1.807, 2.05) is 0 Å². The van der Waals surface area contributed by atoms with Crippen molar-refractivity contribution in [2.45, 2.75) is 71.8 Å². The summed E-state index contributed by atoms with van der Waals surface area (Å²) in [5.74, 6) is 0. The van der Waals surface area contributed by atoms with E-state index < -0.39 is 0 Å². The SMILES string of the molecule is CCNC(C)CC(C)(C)c1ccc(C(C)(C)C)cc1. The van der Waals surface area contributed by atoms with Gasteiger partial charge in [-0.3, -0.25) is 0 Å². The van der Waals surface area contributed by atoms with Crippen LogP contribution in [0.15, 0.2) is 24.3 Å². The highest BCUT2D eigenvalue weighted by atomic mass is 14.9. The summed E-state index contributed by atoms with van der Waals surface area (Å²) in [5.41, 5.74) is 3.30. The van der Waals surface area contributed by atoms with E-state index >= 15 is 0 Å². The van der Waals surface area contributed by atoms with Crippen LogP contribution >= 0.6 is 0 Å². The molecular weight excluding hydrogens is 230 g/mol. The minimum absolute atomic E-state index is 0.220. The fourth-order valence-corrected chi connectivity index (χ4v) is 2.73. The topological polar surface area (TPSA) is 12.0 Å². The van der Waals surface area contributed by atoms with Crippen molar-refractivity contribution in [1.29, 1.82) is 0 Å². The summed E-state index contributed by atoms with van der Waals surface area (Å²) >= 11 is 0. The van der Waals surface area contributed by atoms with E-state index in [1.165, 1.54) is 11.1 Å². The molecule has 0 aliphatic carbocycles. The lowest BCUT2D eigenvalue weighted by Gasteiger charge is -2.30. The Bertz CT molecular complexity index is 381. The van der Waals surface area contributed by atoms with E-state index in [9.17, 15) is 0 Å². The van der Waals surface area contributed by atoms with Crippen LogP contribution in [-0.2, 0) is 10.8 Å². The number of nitrogens with one attached hydrogen (secondary N) is 1. The Labute approximate surface area is 119 Å². The molecule has 108 valence electrons. The second-order valence-corrected chi connectivity index (χ2v) is 7.37. The van der Waals surface area contributed by atoms with Crippen molar-refractivity contribution in [3.8, 4) is 0 Å². The van der Waals surface area contributed by atoms with Gasteiger partial charge in [0.05, 0.1) is 0 Å². The fraction of sp³-hybridized carbons (Fsp3) is 0.667. The van der Waals surface area contributed by atoms with Crippen LogP contribution in [0.4, 0.5) is 0 Å². The highest BCUT2D eigenvalue weighted by Crippen LogP contribution is 2.30. The molecule has 1 N–H and O–H groups in total. The molecule has 0 aliphatic rings. The van der Waals surface area contributed by atoms with Gasteiger partial charge in [-0.15, -0.1) is 0 Å². The van der Waals surface area contributed by atoms with Gasteiger partial charge >= 0.3 is 0 Å². The molecule has 0 spiro atoms. The molecule has 1 aromatic carbocycles. The molecule has 1 nitrogen and oxygen atoms in total. The monoisotopic (exact) mass is 261 g/mol. The summed E-state index contributed by atoms with van der Waals surface area (Å²) in [6.45, 7) is 17.0. The molecule has 0 heterocycles. The van der Waals surface area contributed by atoms with Gasteiger partial charge in [0.1, 0.15) is 0 Å². The van der Waals surface area contributed by atoms with Crippen molar-refractivity contribution < 1.29 is 0 Å². The highest BCUT2D eigenvalue weighted by molar-refractivity contribution is 5.31. The first-order valence-corrected chi connectivity index (χ1v) is 7.51. The van der Waals surface area contributed by atoms with Crippen LogP contribution in [0, 0.1) is 0 Å². The maximum Gasteiger partial charge on any atom is 0.00468 e. The van der Waals surface area contributed by atoms with E-state index in [0.29, 0.717) is 6.04 Å². The van der Waals surface area contributed by atoms with Gasteiger partial charge in [-0.1, -0.05) is 65.8 Å². The summed E-state index contributed by atoms with van der Waals surface area (Å²) in [6.07, 6.45) is 1.16. The zero-order chi connectivity index (χ0) is 14.7. The molecule has 0 aliphatic heterocycles. The van der Waals surface area contributed by atoms with Crippen LogP contribution in [0.2, 0.25) is 0 Å². The van der Waals surface area contributed by atoms with Crippen molar-refractivity contribution in [2.24, 2.45) is 0 Å². The Morgan fingerprint density at radius 2 is 1.42 bits per heavy atom. The zero-order valence-electron chi connectivity index (χ0n) is 13.8. The Morgan fingerprint density at radius 3 is 1.84 bits per heavy atom. The van der Waals surface area contributed by atoms with Gasteiger partial charge in [0.2, 0.25) is 0 Å². The van der Waals surface area contributed by atoms with Gasteiger partial charge in [-0.05, 0) is 41.8 Å². The highest BCUT2D eigenvalue weighted by Gasteiger charge is 2.23. The Kier molecular flexibility index (Phi) is 5.20. The lowest BCUT2D eigenvalue weighted by Crippen LogP contribution is -2.33. The average molecular weight is 261 g/mol. The second-order valence-electron chi connectivity index (χ2n) is 7.37. The third-order valence-corrected chi connectivity index (χ3v) is 3.90. The van der Waals surface area contributed by atoms with Gasteiger partial charge in [-0.25, -0.2) is 0 Å². The lowest BCUT2D eigenvalue weighted by molar-refractivity contribution is 0.394. The van der Waals surface area contributed by atoms with E-state index in [1.54, 1.807) is 0 Å². The van der Waals surface area contributed by atoms with Crippen molar-refractivity contribution in [3.63, 3.8) is 0 Å². The van der Waals surface area contributed by atoms with Crippen LogP contribution in [0.25, 0.3) is 0 Å². The predicted octanol–water partition coefficient (Wildman–Crippen LogP) is 4.65. The molecule has 1 atom stereocenters. The summed E-state index contributed by atoms with van der Waals surface area (Å²) < 4.78 is 0. The largest absolute Gasteiger partial charge is 0.315 e. The summed E-state index contributed by atoms with van der Waals surface area (Å²) in [6, 6.07) is 9.74. The van der Waals surface area contributed by atoms with Crippen LogP contribution in [0.5, 0.6) is 0 Å². The number of rotatable bonds is 5. The first-order chi connectivity index (χ1) is 8.66. The molecule has 1 aromatic rings. The van der Waals surface area contributed by atoms with Crippen LogP contribution in [0.1, 0.15) is 66.0 Å². The third-order valence-electron chi connectivity index (χ3n) is 3.90. The van der Waals surface area contributed by atoms with Crippen LogP contribution in [-0.4, -0.2) is 12.6 Å². The van der Waals surface area contributed by atoms with E-state index in [-0.39, 0.29) is 10.8 Å². The molecule has 0 saturated carbocycles. The predicted molar refractivity (Wildman–Crippen MR) is 85.9 cm³/mol. The van der Waals surface area contributed by atoms with Crippen molar-refractivity contribution in [3.05, 3.63) is 35.4 Å². The first kappa shape index (κ1) is 16.2. The van der Waals surface area contributed by atoms with Crippen LogP contribution in [0.3, 0.4) is 0 Å². The maximum absolute atomic E-state index is 3.51. The third kappa shape index (κ3) is 4.65. The lowest BCUT2D eigenvalue weighted by atomic mass is 9.77. The van der Waals surface area contributed by atoms with E-state index in [0.717, 1.165) is 13.0 Å². The minimum atomic E-state index is 0.220. The molecule has 1 heteroatoms. The first-order valence-electron chi connectivity index (χ1n) is 7.51.